The van der Waals surface area contributed by atoms with Crippen molar-refractivity contribution < 1.29 is 14.6 Å². The monoisotopic (exact) mass is 156 g/mol. The molecule has 0 aliphatic rings. The van der Waals surface area contributed by atoms with Crippen molar-refractivity contribution in [2.24, 2.45) is 0 Å². The van der Waals surface area contributed by atoms with Gasteiger partial charge in [0.15, 0.2) is 0 Å². The normalized spacial score (nSPS) is 10.6. The quantitative estimate of drug-likeness (QED) is 0.285. The van der Waals surface area contributed by atoms with E-state index in [1.165, 1.54) is 7.11 Å². The summed E-state index contributed by atoms with van der Waals surface area (Å²) >= 11 is 0. The van der Waals surface area contributed by atoms with E-state index < -0.39 is 5.97 Å². The minimum atomic E-state index is -0.534. The van der Waals surface area contributed by atoms with Gasteiger partial charge in [-0.05, 0) is 19.9 Å². The minimum absolute atomic E-state index is 0.160. The van der Waals surface area contributed by atoms with Crippen LogP contribution in [-0.2, 0) is 9.53 Å². The Bertz CT molecular complexity index is 197. The van der Waals surface area contributed by atoms with Crippen molar-refractivity contribution in [1.82, 2.24) is 0 Å². The maximum atomic E-state index is 10.8. The minimum Gasteiger partial charge on any atom is -0.515 e. The molecule has 0 amide bonds. The second-order valence-electron chi connectivity index (χ2n) is 2.30. The van der Waals surface area contributed by atoms with Crippen molar-refractivity contribution in [3.8, 4) is 0 Å². The molecule has 0 aromatic carbocycles. The summed E-state index contributed by atoms with van der Waals surface area (Å²) in [7, 11) is 1.27. The molecule has 0 aromatic rings. The van der Waals surface area contributed by atoms with Gasteiger partial charge in [0.25, 0.3) is 0 Å². The van der Waals surface area contributed by atoms with E-state index in [0.29, 0.717) is 0 Å². The number of rotatable bonds is 2. The number of esters is 1. The molecule has 1 N–H and O–H groups in total. The van der Waals surface area contributed by atoms with Crippen LogP contribution in [-0.4, -0.2) is 18.2 Å². The molecule has 11 heavy (non-hydrogen) atoms. The van der Waals surface area contributed by atoms with Gasteiger partial charge in [-0.1, -0.05) is 5.57 Å². The van der Waals surface area contributed by atoms with Crippen LogP contribution in [0.4, 0.5) is 0 Å². The highest BCUT2D eigenvalue weighted by molar-refractivity contribution is 5.91. The number of aliphatic hydroxyl groups excluding tert-OH is 1. The summed E-state index contributed by atoms with van der Waals surface area (Å²) in [6.45, 7) is 3.65. The van der Waals surface area contributed by atoms with Gasteiger partial charge in [-0.2, -0.15) is 0 Å². The Morgan fingerprint density at radius 3 is 2.27 bits per heavy atom. The van der Waals surface area contributed by atoms with Crippen LogP contribution in [0.5, 0.6) is 0 Å². The van der Waals surface area contributed by atoms with Crippen LogP contribution >= 0.6 is 0 Å². The number of carbonyl (C=O) groups is 1. The van der Waals surface area contributed by atoms with E-state index in [1.54, 1.807) is 6.08 Å². The van der Waals surface area contributed by atoms with Gasteiger partial charge in [0.1, 0.15) is 0 Å². The molecule has 3 heteroatoms. The Morgan fingerprint density at radius 2 is 2.00 bits per heavy atom. The highest BCUT2D eigenvalue weighted by Crippen LogP contribution is 2.02. The number of carbonyl (C=O) groups excluding carboxylic acids is 1. The number of aliphatic hydroxyl groups is 1. The molecule has 0 saturated heterocycles. The SMILES string of the molecule is COC(=O)/C(C=C(C)C)=C/O. The standard InChI is InChI=1S/C8H12O3/c1-6(2)4-7(5-9)8(10)11-3/h4-5,9H,1-3H3/b7-5+. The molecule has 0 aliphatic carbocycles. The van der Waals surface area contributed by atoms with E-state index in [0.717, 1.165) is 11.8 Å². The fourth-order valence-electron chi connectivity index (χ4n) is 0.578. The first-order chi connectivity index (χ1) is 5.11. The van der Waals surface area contributed by atoms with Crippen molar-refractivity contribution in [2.45, 2.75) is 13.8 Å². The van der Waals surface area contributed by atoms with Crippen LogP contribution in [0.2, 0.25) is 0 Å². The number of hydrogen-bond donors (Lipinski definition) is 1. The number of allylic oxidation sites excluding steroid dienone is 1. The third-order valence-electron chi connectivity index (χ3n) is 1.00. The molecule has 0 bridgehead atoms. The molecule has 0 radical (unpaired) electrons. The van der Waals surface area contributed by atoms with Crippen LogP contribution in [0.15, 0.2) is 23.5 Å². The first-order valence-corrected chi connectivity index (χ1v) is 3.19. The number of methoxy groups -OCH3 is 1. The Kier molecular flexibility index (Phi) is 4.03. The molecule has 0 spiro atoms. The van der Waals surface area contributed by atoms with Crippen LogP contribution in [0.3, 0.4) is 0 Å². The van der Waals surface area contributed by atoms with Gasteiger partial charge in [-0.3, -0.25) is 0 Å². The highest BCUT2D eigenvalue weighted by Gasteiger charge is 2.05. The smallest absolute Gasteiger partial charge is 0.340 e. The van der Waals surface area contributed by atoms with Crippen LogP contribution in [0, 0.1) is 0 Å². The highest BCUT2D eigenvalue weighted by atomic mass is 16.5. The van der Waals surface area contributed by atoms with Gasteiger partial charge in [-0.15, -0.1) is 0 Å². The largest absolute Gasteiger partial charge is 0.515 e. The zero-order valence-electron chi connectivity index (χ0n) is 6.92. The van der Waals surface area contributed by atoms with Crippen LogP contribution in [0.1, 0.15) is 13.8 Å². The third kappa shape index (κ3) is 3.45. The Balaban J connectivity index is 4.45. The van der Waals surface area contributed by atoms with Crippen molar-refractivity contribution in [3.05, 3.63) is 23.5 Å². The molecule has 3 nitrogen and oxygen atoms in total. The Morgan fingerprint density at radius 1 is 1.45 bits per heavy atom. The molecule has 0 heterocycles. The molecule has 0 fully saturated rings. The fraction of sp³-hybridized carbons (Fsp3) is 0.375. The molecule has 0 aliphatic heterocycles. The Hall–Kier alpha value is -1.25. The molecule has 0 atom stereocenters. The van der Waals surface area contributed by atoms with E-state index in [1.807, 2.05) is 13.8 Å². The molecule has 62 valence electrons. The van der Waals surface area contributed by atoms with Gasteiger partial charge in [0.05, 0.1) is 18.9 Å². The van der Waals surface area contributed by atoms with Gasteiger partial charge in [0.2, 0.25) is 0 Å². The predicted octanol–water partition coefficient (Wildman–Crippen LogP) is 1.57. The number of hydrogen-bond acceptors (Lipinski definition) is 3. The van der Waals surface area contributed by atoms with Crippen molar-refractivity contribution in [2.75, 3.05) is 7.11 Å². The van der Waals surface area contributed by atoms with E-state index in [4.69, 9.17) is 5.11 Å². The summed E-state index contributed by atoms with van der Waals surface area (Å²) < 4.78 is 4.39. The molecule has 0 aromatic heterocycles. The predicted molar refractivity (Wildman–Crippen MR) is 42.2 cm³/mol. The fourth-order valence-corrected chi connectivity index (χ4v) is 0.578. The zero-order valence-corrected chi connectivity index (χ0v) is 6.92. The second-order valence-corrected chi connectivity index (χ2v) is 2.30. The lowest BCUT2D eigenvalue weighted by atomic mass is 10.2. The van der Waals surface area contributed by atoms with E-state index in [2.05, 4.69) is 4.74 Å². The summed E-state index contributed by atoms with van der Waals surface area (Å²) in [6.07, 6.45) is 2.28. The average Bonchev–Trinajstić information content (AvgIpc) is 1.98. The van der Waals surface area contributed by atoms with E-state index in [-0.39, 0.29) is 5.57 Å². The maximum absolute atomic E-state index is 10.8. The summed E-state index contributed by atoms with van der Waals surface area (Å²) in [5.74, 6) is -0.534. The van der Waals surface area contributed by atoms with Gasteiger partial charge >= 0.3 is 5.97 Å². The summed E-state index contributed by atoms with van der Waals surface area (Å²) in [4.78, 5) is 10.8. The lowest BCUT2D eigenvalue weighted by Crippen LogP contribution is -2.02. The molecule has 0 rings (SSSR count). The Labute approximate surface area is 66.0 Å². The number of ether oxygens (including phenoxy) is 1. The van der Waals surface area contributed by atoms with Crippen molar-refractivity contribution in [1.29, 1.82) is 0 Å². The lowest BCUT2D eigenvalue weighted by molar-refractivity contribution is -0.135. The maximum Gasteiger partial charge on any atom is 0.340 e. The van der Waals surface area contributed by atoms with Gasteiger partial charge in [-0.25, -0.2) is 4.79 Å². The molecule has 0 saturated carbocycles. The van der Waals surface area contributed by atoms with Crippen LogP contribution < -0.4 is 0 Å². The first-order valence-electron chi connectivity index (χ1n) is 3.19. The van der Waals surface area contributed by atoms with Crippen LogP contribution in [0.25, 0.3) is 0 Å². The molecular weight excluding hydrogens is 144 g/mol. The summed E-state index contributed by atoms with van der Waals surface area (Å²) in [5.41, 5.74) is 1.09. The topological polar surface area (TPSA) is 46.5 Å². The first kappa shape index (κ1) is 9.75. The summed E-state index contributed by atoms with van der Waals surface area (Å²) in [5, 5.41) is 8.57. The second kappa shape index (κ2) is 4.55. The lowest BCUT2D eigenvalue weighted by Gasteiger charge is -1.97. The third-order valence-corrected chi connectivity index (χ3v) is 1.00. The van der Waals surface area contributed by atoms with Crippen molar-refractivity contribution in [3.63, 3.8) is 0 Å². The summed E-state index contributed by atoms with van der Waals surface area (Å²) in [6, 6.07) is 0. The van der Waals surface area contributed by atoms with E-state index >= 15 is 0 Å². The average molecular weight is 156 g/mol. The van der Waals surface area contributed by atoms with Gasteiger partial charge in [0, 0.05) is 0 Å². The zero-order chi connectivity index (χ0) is 8.85. The van der Waals surface area contributed by atoms with E-state index in [9.17, 15) is 4.79 Å². The van der Waals surface area contributed by atoms with Crippen molar-refractivity contribution >= 4 is 5.97 Å². The molecular formula is C8H12O3. The van der Waals surface area contributed by atoms with Gasteiger partial charge < -0.3 is 9.84 Å². The molecule has 0 unspecified atom stereocenters.